The van der Waals surface area contributed by atoms with Crippen LogP contribution in [0, 0.1) is 0 Å². The zero-order valence-electron chi connectivity index (χ0n) is 14.5. The minimum absolute atomic E-state index is 0.0228. The molecule has 0 radical (unpaired) electrons. The third kappa shape index (κ3) is 5.66. The predicted octanol–water partition coefficient (Wildman–Crippen LogP) is 2.96. The second-order valence-electron chi connectivity index (χ2n) is 5.92. The second kappa shape index (κ2) is 9.28. The molecular weight excluding hydrogens is 290 g/mol. The number of rotatable bonds is 7. The predicted molar refractivity (Wildman–Crippen MR) is 94.5 cm³/mol. The normalized spacial score (nSPS) is 16.9. The van der Waals surface area contributed by atoms with Gasteiger partial charge in [-0.1, -0.05) is 25.0 Å². The summed E-state index contributed by atoms with van der Waals surface area (Å²) in [5.41, 5.74) is 0. The highest BCUT2D eigenvalue weighted by atomic mass is 16.5. The molecule has 1 aromatic rings. The van der Waals surface area contributed by atoms with Crippen LogP contribution in [0.15, 0.2) is 29.3 Å². The van der Waals surface area contributed by atoms with Crippen molar-refractivity contribution in [3.63, 3.8) is 0 Å². The molecule has 0 aromatic heterocycles. The van der Waals surface area contributed by atoms with Crippen LogP contribution in [-0.4, -0.2) is 38.3 Å². The van der Waals surface area contributed by atoms with Crippen LogP contribution < -0.4 is 20.1 Å². The lowest BCUT2D eigenvalue weighted by Gasteiger charge is -2.18. The van der Waals surface area contributed by atoms with E-state index >= 15 is 0 Å². The summed E-state index contributed by atoms with van der Waals surface area (Å²) in [4.78, 5) is 4.66. The number of guanidine groups is 1. The molecule has 0 aliphatic heterocycles. The van der Waals surface area contributed by atoms with Crippen molar-refractivity contribution in [2.75, 3.05) is 20.2 Å². The molecule has 0 heterocycles. The SMILES string of the molecule is CCNC(=NCC(C)Oc1ccccc1OC)NC1CCCC1. The Bertz CT molecular complexity index is 499. The van der Waals surface area contributed by atoms with Crippen molar-refractivity contribution in [3.05, 3.63) is 24.3 Å². The van der Waals surface area contributed by atoms with E-state index in [1.165, 1.54) is 25.7 Å². The van der Waals surface area contributed by atoms with Crippen molar-refractivity contribution in [2.45, 2.75) is 51.7 Å². The third-order valence-electron chi connectivity index (χ3n) is 3.94. The lowest BCUT2D eigenvalue weighted by Crippen LogP contribution is -2.42. The first-order valence-corrected chi connectivity index (χ1v) is 8.57. The molecule has 1 unspecified atom stereocenters. The van der Waals surface area contributed by atoms with Crippen molar-refractivity contribution < 1.29 is 9.47 Å². The average Bonchev–Trinajstić information content (AvgIpc) is 3.06. The van der Waals surface area contributed by atoms with Crippen molar-refractivity contribution in [1.29, 1.82) is 0 Å². The monoisotopic (exact) mass is 319 g/mol. The number of para-hydroxylation sites is 2. The molecule has 5 nitrogen and oxygen atoms in total. The molecule has 128 valence electrons. The van der Waals surface area contributed by atoms with Gasteiger partial charge in [-0.15, -0.1) is 0 Å². The molecule has 5 heteroatoms. The van der Waals surface area contributed by atoms with E-state index in [1.807, 2.05) is 31.2 Å². The summed E-state index contributed by atoms with van der Waals surface area (Å²) < 4.78 is 11.3. The van der Waals surface area contributed by atoms with Gasteiger partial charge in [0.15, 0.2) is 17.5 Å². The van der Waals surface area contributed by atoms with E-state index in [4.69, 9.17) is 9.47 Å². The van der Waals surface area contributed by atoms with Crippen LogP contribution in [0.5, 0.6) is 11.5 Å². The third-order valence-corrected chi connectivity index (χ3v) is 3.94. The number of nitrogens with one attached hydrogen (secondary N) is 2. The fourth-order valence-corrected chi connectivity index (χ4v) is 2.77. The summed E-state index contributed by atoms with van der Waals surface area (Å²) in [5, 5.41) is 6.83. The van der Waals surface area contributed by atoms with E-state index < -0.39 is 0 Å². The second-order valence-corrected chi connectivity index (χ2v) is 5.92. The zero-order chi connectivity index (χ0) is 16.5. The molecule has 1 aliphatic rings. The van der Waals surface area contributed by atoms with Crippen LogP contribution in [0.4, 0.5) is 0 Å². The van der Waals surface area contributed by atoms with E-state index in [0.717, 1.165) is 24.0 Å². The zero-order valence-corrected chi connectivity index (χ0v) is 14.5. The molecule has 23 heavy (non-hydrogen) atoms. The van der Waals surface area contributed by atoms with Crippen molar-refractivity contribution in [2.24, 2.45) is 4.99 Å². The number of methoxy groups -OCH3 is 1. The van der Waals surface area contributed by atoms with Crippen LogP contribution in [0.25, 0.3) is 0 Å². The molecule has 0 saturated heterocycles. The fourth-order valence-electron chi connectivity index (χ4n) is 2.77. The quantitative estimate of drug-likeness (QED) is 0.599. The van der Waals surface area contributed by atoms with Gasteiger partial charge in [0.1, 0.15) is 6.10 Å². The number of benzene rings is 1. The molecule has 1 aliphatic carbocycles. The summed E-state index contributed by atoms with van der Waals surface area (Å²) in [7, 11) is 1.65. The van der Waals surface area contributed by atoms with E-state index in [1.54, 1.807) is 7.11 Å². The number of ether oxygens (including phenoxy) is 2. The Hall–Kier alpha value is -1.91. The highest BCUT2D eigenvalue weighted by Crippen LogP contribution is 2.26. The molecule has 0 amide bonds. The molecule has 1 fully saturated rings. The smallest absolute Gasteiger partial charge is 0.191 e. The summed E-state index contributed by atoms with van der Waals surface area (Å²) in [6, 6.07) is 8.25. The molecule has 1 aromatic carbocycles. The van der Waals surface area contributed by atoms with Crippen LogP contribution in [0.2, 0.25) is 0 Å². The molecular formula is C18H29N3O2. The highest BCUT2D eigenvalue weighted by Gasteiger charge is 2.16. The maximum atomic E-state index is 5.95. The first kappa shape index (κ1) is 17.4. The number of hydrogen-bond donors (Lipinski definition) is 2. The van der Waals surface area contributed by atoms with Gasteiger partial charge in [-0.2, -0.15) is 0 Å². The Morgan fingerprint density at radius 2 is 1.96 bits per heavy atom. The summed E-state index contributed by atoms with van der Waals surface area (Å²) in [6.45, 7) is 5.57. The summed E-state index contributed by atoms with van der Waals surface area (Å²) in [5.74, 6) is 2.39. The Labute approximate surface area is 139 Å². The van der Waals surface area contributed by atoms with Gasteiger partial charge in [-0.05, 0) is 38.8 Å². The molecule has 2 rings (SSSR count). The van der Waals surface area contributed by atoms with Crippen LogP contribution in [0.1, 0.15) is 39.5 Å². The highest BCUT2D eigenvalue weighted by molar-refractivity contribution is 5.80. The van der Waals surface area contributed by atoms with Crippen molar-refractivity contribution >= 4 is 5.96 Å². The van der Waals surface area contributed by atoms with Crippen LogP contribution in [0.3, 0.4) is 0 Å². The van der Waals surface area contributed by atoms with E-state index in [0.29, 0.717) is 12.6 Å². The Kier molecular flexibility index (Phi) is 7.04. The van der Waals surface area contributed by atoms with Gasteiger partial charge in [-0.25, -0.2) is 4.99 Å². The Morgan fingerprint density at radius 3 is 2.61 bits per heavy atom. The maximum Gasteiger partial charge on any atom is 0.191 e. The minimum Gasteiger partial charge on any atom is -0.493 e. The van der Waals surface area contributed by atoms with Gasteiger partial charge in [0.2, 0.25) is 0 Å². The number of nitrogens with zero attached hydrogens (tertiary/aromatic N) is 1. The first-order valence-electron chi connectivity index (χ1n) is 8.57. The van der Waals surface area contributed by atoms with Gasteiger partial charge < -0.3 is 20.1 Å². The van der Waals surface area contributed by atoms with Gasteiger partial charge >= 0.3 is 0 Å². The van der Waals surface area contributed by atoms with Crippen molar-refractivity contribution in [3.8, 4) is 11.5 Å². The minimum atomic E-state index is -0.0228. The molecule has 2 N–H and O–H groups in total. The van der Waals surface area contributed by atoms with Crippen LogP contribution >= 0.6 is 0 Å². The summed E-state index contributed by atoms with van der Waals surface area (Å²) in [6.07, 6.45) is 5.06. The van der Waals surface area contributed by atoms with Crippen LogP contribution in [-0.2, 0) is 0 Å². The molecule has 0 spiro atoms. The van der Waals surface area contributed by atoms with E-state index in [9.17, 15) is 0 Å². The Morgan fingerprint density at radius 1 is 1.26 bits per heavy atom. The molecule has 1 saturated carbocycles. The topological polar surface area (TPSA) is 54.9 Å². The molecule has 1 atom stereocenters. The standard InChI is InChI=1S/C18H29N3O2/c1-4-19-18(21-15-9-5-6-10-15)20-13-14(2)23-17-12-8-7-11-16(17)22-3/h7-8,11-12,14-15H,4-6,9-10,13H2,1-3H3,(H2,19,20,21). The average molecular weight is 319 g/mol. The van der Waals surface area contributed by atoms with Gasteiger partial charge in [0.25, 0.3) is 0 Å². The van der Waals surface area contributed by atoms with E-state index in [-0.39, 0.29) is 6.10 Å². The first-order chi connectivity index (χ1) is 11.2. The van der Waals surface area contributed by atoms with Gasteiger partial charge in [0.05, 0.1) is 13.7 Å². The number of aliphatic imine (C=N–C) groups is 1. The Balaban J connectivity index is 1.89. The lowest BCUT2D eigenvalue weighted by atomic mass is 10.2. The van der Waals surface area contributed by atoms with Gasteiger partial charge in [-0.3, -0.25) is 0 Å². The van der Waals surface area contributed by atoms with Gasteiger partial charge in [0, 0.05) is 12.6 Å². The van der Waals surface area contributed by atoms with E-state index in [2.05, 4.69) is 22.5 Å². The van der Waals surface area contributed by atoms with Crippen molar-refractivity contribution in [1.82, 2.24) is 10.6 Å². The lowest BCUT2D eigenvalue weighted by molar-refractivity contribution is 0.219. The maximum absolute atomic E-state index is 5.95. The number of hydrogen-bond acceptors (Lipinski definition) is 3. The fraction of sp³-hybridized carbons (Fsp3) is 0.611. The largest absolute Gasteiger partial charge is 0.493 e. The summed E-state index contributed by atoms with van der Waals surface area (Å²) >= 11 is 0. The molecule has 0 bridgehead atoms.